The van der Waals surface area contributed by atoms with E-state index >= 15 is 0 Å². The molecule has 1 aliphatic heterocycles. The SMILES string of the molecule is CC(C)(CC[N+]1(C)CCCCCC1)NC(=O)OCc1ccccc1. The van der Waals surface area contributed by atoms with Crippen molar-refractivity contribution in [2.45, 2.75) is 58.1 Å². The maximum absolute atomic E-state index is 12.1. The average molecular weight is 333 g/mol. The largest absolute Gasteiger partial charge is 0.445 e. The molecular weight excluding hydrogens is 300 g/mol. The predicted octanol–water partition coefficient (Wildman–Crippen LogP) is 4.10. The Morgan fingerprint density at radius 2 is 1.75 bits per heavy atom. The van der Waals surface area contributed by atoms with Gasteiger partial charge in [-0.15, -0.1) is 0 Å². The zero-order chi connectivity index (χ0) is 17.5. The molecule has 1 aromatic rings. The maximum Gasteiger partial charge on any atom is 0.407 e. The second kappa shape index (κ2) is 8.52. The number of carbonyl (C=O) groups is 1. The Morgan fingerprint density at radius 1 is 1.12 bits per heavy atom. The molecular formula is C20H33N2O2+. The summed E-state index contributed by atoms with van der Waals surface area (Å²) in [5, 5.41) is 3.03. The Bertz CT molecular complexity index is 506. The zero-order valence-electron chi connectivity index (χ0n) is 15.5. The normalized spacial score (nSPS) is 17.8. The summed E-state index contributed by atoms with van der Waals surface area (Å²) < 4.78 is 6.47. The van der Waals surface area contributed by atoms with Crippen LogP contribution in [0.15, 0.2) is 30.3 Å². The lowest BCUT2D eigenvalue weighted by molar-refractivity contribution is -0.909. The van der Waals surface area contributed by atoms with E-state index in [1.54, 1.807) is 0 Å². The summed E-state index contributed by atoms with van der Waals surface area (Å²) in [7, 11) is 2.36. The number of amides is 1. The molecule has 1 heterocycles. The Balaban J connectivity index is 1.76. The van der Waals surface area contributed by atoms with Crippen LogP contribution in [0, 0.1) is 0 Å². The number of nitrogens with zero attached hydrogens (tertiary/aromatic N) is 1. The van der Waals surface area contributed by atoms with Gasteiger partial charge in [-0.05, 0) is 45.1 Å². The van der Waals surface area contributed by atoms with Crippen LogP contribution in [0.3, 0.4) is 0 Å². The van der Waals surface area contributed by atoms with Gasteiger partial charge in [-0.2, -0.15) is 0 Å². The first kappa shape index (κ1) is 18.8. The third-order valence-electron chi connectivity index (χ3n) is 5.08. The second-order valence-electron chi connectivity index (χ2n) is 8.03. The number of benzene rings is 1. The van der Waals surface area contributed by atoms with E-state index in [4.69, 9.17) is 4.74 Å². The fourth-order valence-corrected chi connectivity index (χ4v) is 3.32. The van der Waals surface area contributed by atoms with Gasteiger partial charge < -0.3 is 14.5 Å². The molecule has 0 aromatic heterocycles. The minimum absolute atomic E-state index is 0.249. The molecule has 134 valence electrons. The lowest BCUT2D eigenvalue weighted by atomic mass is 10.00. The first-order chi connectivity index (χ1) is 11.4. The molecule has 0 unspecified atom stereocenters. The van der Waals surface area contributed by atoms with Crippen molar-refractivity contribution < 1.29 is 14.0 Å². The highest BCUT2D eigenvalue weighted by molar-refractivity contribution is 5.68. The van der Waals surface area contributed by atoms with Crippen LogP contribution in [0.4, 0.5) is 4.79 Å². The lowest BCUT2D eigenvalue weighted by Crippen LogP contribution is -2.51. The van der Waals surface area contributed by atoms with E-state index in [2.05, 4.69) is 26.2 Å². The highest BCUT2D eigenvalue weighted by atomic mass is 16.5. The third kappa shape index (κ3) is 6.52. The number of likely N-dealkylation sites (tertiary alicyclic amines) is 1. The quantitative estimate of drug-likeness (QED) is 0.796. The molecule has 1 aliphatic rings. The monoisotopic (exact) mass is 333 g/mol. The van der Waals surface area contributed by atoms with E-state index in [0.29, 0.717) is 6.61 Å². The Labute approximate surface area is 146 Å². The summed E-state index contributed by atoms with van der Waals surface area (Å²) in [4.78, 5) is 12.1. The van der Waals surface area contributed by atoms with Gasteiger partial charge >= 0.3 is 6.09 Å². The first-order valence-corrected chi connectivity index (χ1v) is 9.21. The topological polar surface area (TPSA) is 38.3 Å². The third-order valence-corrected chi connectivity index (χ3v) is 5.08. The first-order valence-electron chi connectivity index (χ1n) is 9.21. The van der Waals surface area contributed by atoms with Gasteiger partial charge in [0.05, 0.1) is 26.7 Å². The van der Waals surface area contributed by atoms with E-state index in [1.165, 1.54) is 38.8 Å². The summed E-state index contributed by atoms with van der Waals surface area (Å²) in [6.07, 6.45) is 6.00. The fourth-order valence-electron chi connectivity index (χ4n) is 3.32. The van der Waals surface area contributed by atoms with Crippen molar-refractivity contribution in [2.75, 3.05) is 26.7 Å². The molecule has 1 saturated heterocycles. The number of carbonyl (C=O) groups excluding carboxylic acids is 1. The molecule has 0 bridgehead atoms. The predicted molar refractivity (Wildman–Crippen MR) is 97.7 cm³/mol. The minimum atomic E-state index is -0.331. The molecule has 1 amide bonds. The molecule has 2 rings (SSSR count). The number of ether oxygens (including phenoxy) is 1. The number of quaternary nitrogens is 1. The smallest absolute Gasteiger partial charge is 0.407 e. The van der Waals surface area contributed by atoms with Crippen LogP contribution in [0.25, 0.3) is 0 Å². The van der Waals surface area contributed by atoms with E-state index < -0.39 is 0 Å². The molecule has 1 N–H and O–H groups in total. The van der Waals surface area contributed by atoms with E-state index in [9.17, 15) is 4.79 Å². The number of hydrogen-bond donors (Lipinski definition) is 1. The van der Waals surface area contributed by atoms with E-state index in [0.717, 1.165) is 23.0 Å². The van der Waals surface area contributed by atoms with Gasteiger partial charge in [0, 0.05) is 12.0 Å². The number of hydrogen-bond acceptors (Lipinski definition) is 2. The van der Waals surface area contributed by atoms with Crippen LogP contribution in [0.1, 0.15) is 51.5 Å². The zero-order valence-corrected chi connectivity index (χ0v) is 15.5. The van der Waals surface area contributed by atoms with Crippen molar-refractivity contribution in [1.82, 2.24) is 5.32 Å². The summed E-state index contributed by atoms with van der Waals surface area (Å²) in [5.74, 6) is 0. The molecule has 0 radical (unpaired) electrons. The highest BCUT2D eigenvalue weighted by Crippen LogP contribution is 2.19. The molecule has 24 heavy (non-hydrogen) atoms. The molecule has 0 aliphatic carbocycles. The molecule has 0 atom stereocenters. The molecule has 1 aromatic carbocycles. The Hall–Kier alpha value is -1.55. The molecule has 4 heteroatoms. The van der Waals surface area contributed by atoms with Crippen LogP contribution < -0.4 is 5.32 Å². The molecule has 0 spiro atoms. The number of nitrogens with one attached hydrogen (secondary N) is 1. The van der Waals surface area contributed by atoms with Crippen molar-refractivity contribution in [3.63, 3.8) is 0 Å². The molecule has 1 fully saturated rings. The van der Waals surface area contributed by atoms with Crippen molar-refractivity contribution in [3.05, 3.63) is 35.9 Å². The van der Waals surface area contributed by atoms with Gasteiger partial charge in [-0.1, -0.05) is 30.3 Å². The average Bonchev–Trinajstić information content (AvgIpc) is 2.77. The Kier molecular flexibility index (Phi) is 6.67. The van der Waals surface area contributed by atoms with Crippen LogP contribution in [-0.2, 0) is 11.3 Å². The number of rotatable bonds is 6. The standard InChI is InChI=1S/C20H32N2O2/c1-20(2,13-16-22(3)14-9-4-5-10-15-22)21-19(23)24-17-18-11-7-6-8-12-18/h6-8,11-12H,4-5,9-10,13-17H2,1-3H3/p+1. The van der Waals surface area contributed by atoms with Gasteiger partial charge in [-0.3, -0.25) is 0 Å². The van der Waals surface area contributed by atoms with Gasteiger partial charge in [0.25, 0.3) is 0 Å². The minimum Gasteiger partial charge on any atom is -0.445 e. The van der Waals surface area contributed by atoms with Crippen LogP contribution in [-0.4, -0.2) is 42.8 Å². The van der Waals surface area contributed by atoms with Gasteiger partial charge in [0.15, 0.2) is 0 Å². The summed E-state index contributed by atoms with van der Waals surface area (Å²) in [5.41, 5.74) is 0.759. The van der Waals surface area contributed by atoms with Crippen molar-refractivity contribution in [1.29, 1.82) is 0 Å². The maximum atomic E-state index is 12.1. The van der Waals surface area contributed by atoms with Gasteiger partial charge in [-0.25, -0.2) is 4.79 Å². The van der Waals surface area contributed by atoms with Gasteiger partial charge in [0.1, 0.15) is 6.61 Å². The molecule has 4 nitrogen and oxygen atoms in total. The van der Waals surface area contributed by atoms with Crippen LogP contribution in [0.2, 0.25) is 0 Å². The Morgan fingerprint density at radius 3 is 2.38 bits per heavy atom. The van der Waals surface area contributed by atoms with Crippen LogP contribution in [0.5, 0.6) is 0 Å². The molecule has 0 saturated carbocycles. The van der Waals surface area contributed by atoms with Crippen molar-refractivity contribution >= 4 is 6.09 Å². The van der Waals surface area contributed by atoms with Gasteiger partial charge in [0.2, 0.25) is 0 Å². The van der Waals surface area contributed by atoms with Crippen LogP contribution >= 0.6 is 0 Å². The van der Waals surface area contributed by atoms with E-state index in [-0.39, 0.29) is 11.6 Å². The summed E-state index contributed by atoms with van der Waals surface area (Å²) in [6.45, 7) is 8.10. The summed E-state index contributed by atoms with van der Waals surface area (Å²) in [6, 6.07) is 9.78. The van der Waals surface area contributed by atoms with Crippen molar-refractivity contribution in [2.24, 2.45) is 0 Å². The fraction of sp³-hybridized carbons (Fsp3) is 0.650. The van der Waals surface area contributed by atoms with E-state index in [1.807, 2.05) is 30.3 Å². The number of alkyl carbamates (subject to hydrolysis) is 1. The highest BCUT2D eigenvalue weighted by Gasteiger charge is 2.29. The summed E-state index contributed by atoms with van der Waals surface area (Å²) >= 11 is 0. The second-order valence-corrected chi connectivity index (χ2v) is 8.03. The van der Waals surface area contributed by atoms with Crippen molar-refractivity contribution in [3.8, 4) is 0 Å². The lowest BCUT2D eigenvalue weighted by Gasteiger charge is -2.36.